The second kappa shape index (κ2) is 6.17. The van der Waals surface area contributed by atoms with E-state index in [1.54, 1.807) is 0 Å². The van der Waals surface area contributed by atoms with Gasteiger partial charge in [0.2, 0.25) is 0 Å². The lowest BCUT2D eigenvalue weighted by Crippen LogP contribution is -2.29. The summed E-state index contributed by atoms with van der Waals surface area (Å²) in [5.74, 6) is 0.325. The molecule has 1 heterocycles. The molecule has 1 fully saturated rings. The van der Waals surface area contributed by atoms with Crippen molar-refractivity contribution < 1.29 is 9.90 Å². The highest BCUT2D eigenvalue weighted by molar-refractivity contribution is 5.94. The Balaban J connectivity index is 2.07. The summed E-state index contributed by atoms with van der Waals surface area (Å²) in [6.45, 7) is 2.43. The summed E-state index contributed by atoms with van der Waals surface area (Å²) >= 11 is 0. The van der Waals surface area contributed by atoms with Crippen LogP contribution in [0.3, 0.4) is 0 Å². The molecule has 1 aromatic carbocycles. The standard InChI is InChI=1S/C15H22N2O2/c1-16(2)9-12-4-3-5-14(8-12)15(19)17-7-6-13(10-17)11-18/h3-5,8,13,18H,6-7,9-11H2,1-2H3. The number of rotatable bonds is 4. The van der Waals surface area contributed by atoms with Crippen LogP contribution >= 0.6 is 0 Å². The predicted octanol–water partition coefficient (Wildman–Crippen LogP) is 1.20. The van der Waals surface area contributed by atoms with Crippen LogP contribution in [0.4, 0.5) is 0 Å². The van der Waals surface area contributed by atoms with E-state index >= 15 is 0 Å². The average Bonchev–Trinajstić information content (AvgIpc) is 2.86. The largest absolute Gasteiger partial charge is 0.396 e. The van der Waals surface area contributed by atoms with Crippen LogP contribution in [-0.4, -0.2) is 54.6 Å². The molecule has 0 aromatic heterocycles. The Hall–Kier alpha value is -1.39. The molecule has 0 aliphatic carbocycles. The molecule has 1 aromatic rings. The first-order valence-corrected chi connectivity index (χ1v) is 6.74. The second-order valence-electron chi connectivity index (χ2n) is 5.53. The molecule has 0 bridgehead atoms. The van der Waals surface area contributed by atoms with E-state index < -0.39 is 0 Å². The Morgan fingerprint density at radius 2 is 2.26 bits per heavy atom. The van der Waals surface area contributed by atoms with Crippen molar-refractivity contribution >= 4 is 5.91 Å². The summed E-state index contributed by atoms with van der Waals surface area (Å²) in [6.07, 6.45) is 0.902. The SMILES string of the molecule is CN(C)Cc1cccc(C(=O)N2CCC(CO)C2)c1. The topological polar surface area (TPSA) is 43.8 Å². The average molecular weight is 262 g/mol. The molecule has 19 heavy (non-hydrogen) atoms. The van der Waals surface area contributed by atoms with Crippen LogP contribution in [0.5, 0.6) is 0 Å². The number of nitrogens with zero attached hydrogens (tertiary/aromatic N) is 2. The highest BCUT2D eigenvalue weighted by Gasteiger charge is 2.26. The van der Waals surface area contributed by atoms with E-state index in [1.165, 1.54) is 0 Å². The van der Waals surface area contributed by atoms with Gasteiger partial charge in [0.1, 0.15) is 0 Å². The van der Waals surface area contributed by atoms with Gasteiger partial charge in [-0.05, 0) is 38.2 Å². The fraction of sp³-hybridized carbons (Fsp3) is 0.533. The van der Waals surface area contributed by atoms with Gasteiger partial charge in [0.05, 0.1) is 0 Å². The Morgan fingerprint density at radius 3 is 2.89 bits per heavy atom. The van der Waals surface area contributed by atoms with Gasteiger partial charge in [0, 0.05) is 37.7 Å². The molecular formula is C15H22N2O2. The Kier molecular flexibility index (Phi) is 4.56. The van der Waals surface area contributed by atoms with Crippen LogP contribution in [0.2, 0.25) is 0 Å². The minimum absolute atomic E-state index is 0.0801. The number of hydrogen-bond donors (Lipinski definition) is 1. The summed E-state index contributed by atoms with van der Waals surface area (Å²) in [5.41, 5.74) is 1.90. The first-order chi connectivity index (χ1) is 9.10. The number of hydrogen-bond acceptors (Lipinski definition) is 3. The molecule has 1 saturated heterocycles. The first-order valence-electron chi connectivity index (χ1n) is 6.74. The van der Waals surface area contributed by atoms with Crippen LogP contribution in [0.15, 0.2) is 24.3 Å². The molecule has 0 radical (unpaired) electrons. The van der Waals surface area contributed by atoms with Gasteiger partial charge in [-0.3, -0.25) is 4.79 Å². The summed E-state index contributed by atoms with van der Waals surface area (Å²) in [4.78, 5) is 16.3. The summed E-state index contributed by atoms with van der Waals surface area (Å²) < 4.78 is 0. The van der Waals surface area contributed by atoms with Gasteiger partial charge in [0.15, 0.2) is 0 Å². The summed E-state index contributed by atoms with van der Waals surface area (Å²) in [7, 11) is 4.03. The van der Waals surface area contributed by atoms with Crippen molar-refractivity contribution in [2.24, 2.45) is 5.92 Å². The number of carbonyl (C=O) groups is 1. The molecule has 1 aliphatic rings. The Bertz CT molecular complexity index is 446. The van der Waals surface area contributed by atoms with Gasteiger partial charge in [-0.2, -0.15) is 0 Å². The second-order valence-corrected chi connectivity index (χ2v) is 5.53. The van der Waals surface area contributed by atoms with Crippen molar-refractivity contribution in [1.29, 1.82) is 0 Å². The van der Waals surface area contributed by atoms with E-state index in [0.717, 1.165) is 30.6 Å². The van der Waals surface area contributed by atoms with E-state index in [2.05, 4.69) is 4.90 Å². The first kappa shape index (κ1) is 14.0. The maximum atomic E-state index is 12.4. The third kappa shape index (κ3) is 3.55. The zero-order valence-electron chi connectivity index (χ0n) is 11.7. The number of aliphatic hydroxyl groups excluding tert-OH is 1. The molecule has 1 atom stereocenters. The van der Waals surface area contributed by atoms with Gasteiger partial charge in [-0.1, -0.05) is 12.1 Å². The van der Waals surface area contributed by atoms with E-state index in [0.29, 0.717) is 6.54 Å². The maximum Gasteiger partial charge on any atom is 0.253 e. The lowest BCUT2D eigenvalue weighted by Gasteiger charge is -2.17. The number of benzene rings is 1. The van der Waals surface area contributed by atoms with E-state index in [-0.39, 0.29) is 18.4 Å². The lowest BCUT2D eigenvalue weighted by atomic mass is 10.1. The normalized spacial score (nSPS) is 19.2. The Labute approximate surface area is 114 Å². The predicted molar refractivity (Wildman–Crippen MR) is 74.9 cm³/mol. The minimum Gasteiger partial charge on any atom is -0.396 e. The zero-order chi connectivity index (χ0) is 13.8. The molecule has 2 rings (SSSR count). The van der Waals surface area contributed by atoms with Gasteiger partial charge < -0.3 is 14.9 Å². The fourth-order valence-corrected chi connectivity index (χ4v) is 2.52. The minimum atomic E-state index is 0.0801. The van der Waals surface area contributed by atoms with E-state index in [1.807, 2.05) is 43.3 Å². The lowest BCUT2D eigenvalue weighted by molar-refractivity contribution is 0.0781. The molecule has 0 saturated carbocycles. The van der Waals surface area contributed by atoms with Crippen LogP contribution in [0, 0.1) is 5.92 Å². The molecule has 1 unspecified atom stereocenters. The van der Waals surface area contributed by atoms with Crippen molar-refractivity contribution in [3.63, 3.8) is 0 Å². The Morgan fingerprint density at radius 1 is 1.47 bits per heavy atom. The van der Waals surface area contributed by atoms with Crippen LogP contribution in [0.25, 0.3) is 0 Å². The molecule has 1 aliphatic heterocycles. The smallest absolute Gasteiger partial charge is 0.253 e. The number of likely N-dealkylation sites (tertiary alicyclic amines) is 1. The molecule has 104 valence electrons. The monoisotopic (exact) mass is 262 g/mol. The van der Waals surface area contributed by atoms with Crippen molar-refractivity contribution in [3.8, 4) is 0 Å². The fourth-order valence-electron chi connectivity index (χ4n) is 2.52. The number of amides is 1. The third-order valence-electron chi connectivity index (χ3n) is 3.50. The quantitative estimate of drug-likeness (QED) is 0.887. The van der Waals surface area contributed by atoms with E-state index in [9.17, 15) is 4.79 Å². The summed E-state index contributed by atoms with van der Waals surface area (Å²) in [6, 6.07) is 7.81. The van der Waals surface area contributed by atoms with Crippen molar-refractivity contribution in [1.82, 2.24) is 9.80 Å². The summed E-state index contributed by atoms with van der Waals surface area (Å²) in [5, 5.41) is 9.14. The van der Waals surface area contributed by atoms with Gasteiger partial charge in [-0.15, -0.1) is 0 Å². The molecule has 1 amide bonds. The van der Waals surface area contributed by atoms with E-state index in [4.69, 9.17) is 5.11 Å². The van der Waals surface area contributed by atoms with Gasteiger partial charge >= 0.3 is 0 Å². The molecule has 0 spiro atoms. The van der Waals surface area contributed by atoms with Gasteiger partial charge in [0.25, 0.3) is 5.91 Å². The number of carbonyl (C=O) groups excluding carboxylic acids is 1. The van der Waals surface area contributed by atoms with Crippen LogP contribution < -0.4 is 0 Å². The zero-order valence-corrected chi connectivity index (χ0v) is 11.7. The van der Waals surface area contributed by atoms with Crippen molar-refractivity contribution in [3.05, 3.63) is 35.4 Å². The van der Waals surface area contributed by atoms with Crippen molar-refractivity contribution in [2.75, 3.05) is 33.8 Å². The molecule has 4 heteroatoms. The van der Waals surface area contributed by atoms with Crippen LogP contribution in [-0.2, 0) is 6.54 Å². The molecule has 1 N–H and O–H groups in total. The molecule has 4 nitrogen and oxygen atoms in total. The maximum absolute atomic E-state index is 12.4. The number of aliphatic hydroxyl groups is 1. The van der Waals surface area contributed by atoms with Crippen molar-refractivity contribution in [2.45, 2.75) is 13.0 Å². The highest BCUT2D eigenvalue weighted by atomic mass is 16.3. The molecular weight excluding hydrogens is 240 g/mol. The third-order valence-corrected chi connectivity index (χ3v) is 3.50. The highest BCUT2D eigenvalue weighted by Crippen LogP contribution is 2.18. The van der Waals surface area contributed by atoms with Crippen LogP contribution in [0.1, 0.15) is 22.3 Å². The van der Waals surface area contributed by atoms with Gasteiger partial charge in [-0.25, -0.2) is 0 Å².